The van der Waals surface area contributed by atoms with E-state index in [1.54, 1.807) is 12.1 Å². The Morgan fingerprint density at radius 1 is 1.29 bits per heavy atom. The van der Waals surface area contributed by atoms with Crippen LogP contribution in [0.2, 0.25) is 0 Å². The molecule has 3 aromatic rings. The molecule has 1 N–H and O–H groups in total. The molecule has 1 aromatic carbocycles. The van der Waals surface area contributed by atoms with Crippen LogP contribution in [0.1, 0.15) is 12.5 Å². The number of nitriles is 1. The SMILES string of the molecule is CCNc1nc(-c2cc3cc(Br)ccc3o2)ccc1C#N. The third-order valence-corrected chi connectivity index (χ3v) is 3.58. The number of rotatable bonds is 3. The van der Waals surface area contributed by atoms with Crippen LogP contribution in [0.5, 0.6) is 0 Å². The fraction of sp³-hybridized carbons (Fsp3) is 0.125. The minimum atomic E-state index is 0.527. The number of anilines is 1. The van der Waals surface area contributed by atoms with Crippen molar-refractivity contribution in [2.75, 3.05) is 11.9 Å². The van der Waals surface area contributed by atoms with Gasteiger partial charge in [0.2, 0.25) is 0 Å². The molecule has 0 fully saturated rings. The zero-order chi connectivity index (χ0) is 14.8. The van der Waals surface area contributed by atoms with E-state index >= 15 is 0 Å². The summed E-state index contributed by atoms with van der Waals surface area (Å²) in [7, 11) is 0. The molecule has 21 heavy (non-hydrogen) atoms. The van der Waals surface area contributed by atoms with E-state index in [0.29, 0.717) is 29.4 Å². The van der Waals surface area contributed by atoms with Crippen molar-refractivity contribution in [1.82, 2.24) is 4.98 Å². The molecule has 5 heteroatoms. The van der Waals surface area contributed by atoms with Crippen molar-refractivity contribution in [3.63, 3.8) is 0 Å². The summed E-state index contributed by atoms with van der Waals surface area (Å²) in [5, 5.41) is 13.2. The smallest absolute Gasteiger partial charge is 0.153 e. The molecule has 0 aliphatic carbocycles. The van der Waals surface area contributed by atoms with Gasteiger partial charge < -0.3 is 9.73 Å². The lowest BCUT2D eigenvalue weighted by molar-refractivity contribution is 0.629. The molecule has 2 aromatic heterocycles. The van der Waals surface area contributed by atoms with Crippen LogP contribution in [0.3, 0.4) is 0 Å². The first-order valence-electron chi connectivity index (χ1n) is 6.55. The zero-order valence-corrected chi connectivity index (χ0v) is 12.9. The molecule has 0 atom stereocenters. The van der Waals surface area contributed by atoms with Crippen molar-refractivity contribution in [2.45, 2.75) is 6.92 Å². The third-order valence-electron chi connectivity index (χ3n) is 3.09. The fourth-order valence-corrected chi connectivity index (χ4v) is 2.51. The first kappa shape index (κ1) is 13.7. The Hall–Kier alpha value is -2.32. The Morgan fingerprint density at radius 3 is 2.90 bits per heavy atom. The predicted octanol–water partition coefficient (Wildman–Crippen LogP) is 4.56. The van der Waals surface area contributed by atoms with Crippen molar-refractivity contribution in [3.05, 3.63) is 46.4 Å². The van der Waals surface area contributed by atoms with Crippen molar-refractivity contribution in [2.24, 2.45) is 0 Å². The maximum Gasteiger partial charge on any atom is 0.153 e. The number of fused-ring (bicyclic) bond motifs is 1. The van der Waals surface area contributed by atoms with Crippen molar-refractivity contribution in [3.8, 4) is 17.5 Å². The average molecular weight is 342 g/mol. The summed E-state index contributed by atoms with van der Waals surface area (Å²) < 4.78 is 6.82. The summed E-state index contributed by atoms with van der Waals surface area (Å²) in [6.07, 6.45) is 0. The van der Waals surface area contributed by atoms with E-state index < -0.39 is 0 Å². The number of aromatic nitrogens is 1. The Bertz CT molecular complexity index is 848. The summed E-state index contributed by atoms with van der Waals surface area (Å²) in [4.78, 5) is 4.48. The monoisotopic (exact) mass is 341 g/mol. The second-order valence-electron chi connectivity index (χ2n) is 4.53. The molecule has 104 valence electrons. The molecule has 0 unspecified atom stereocenters. The van der Waals surface area contributed by atoms with Gasteiger partial charge in [-0.1, -0.05) is 15.9 Å². The van der Waals surface area contributed by atoms with Gasteiger partial charge in [0.05, 0.1) is 5.56 Å². The summed E-state index contributed by atoms with van der Waals surface area (Å²) in [5.74, 6) is 1.27. The number of nitrogens with one attached hydrogen (secondary N) is 1. The number of benzene rings is 1. The summed E-state index contributed by atoms with van der Waals surface area (Å²) in [6.45, 7) is 2.67. The van der Waals surface area contributed by atoms with E-state index in [1.165, 1.54) is 0 Å². The fourth-order valence-electron chi connectivity index (χ4n) is 2.13. The predicted molar refractivity (Wildman–Crippen MR) is 86.0 cm³/mol. The van der Waals surface area contributed by atoms with Crippen LogP contribution in [-0.4, -0.2) is 11.5 Å². The van der Waals surface area contributed by atoms with Crippen LogP contribution < -0.4 is 5.32 Å². The second-order valence-corrected chi connectivity index (χ2v) is 5.44. The standard InChI is InChI=1S/C16H12BrN3O/c1-2-19-16-10(9-18)3-5-13(20-16)15-8-11-7-12(17)4-6-14(11)21-15/h3-8H,2H2,1H3,(H,19,20). The highest BCUT2D eigenvalue weighted by molar-refractivity contribution is 9.10. The van der Waals surface area contributed by atoms with Crippen LogP contribution >= 0.6 is 15.9 Å². The van der Waals surface area contributed by atoms with E-state index in [1.807, 2.05) is 31.2 Å². The maximum atomic E-state index is 9.09. The first-order valence-corrected chi connectivity index (χ1v) is 7.35. The van der Waals surface area contributed by atoms with E-state index in [4.69, 9.17) is 9.68 Å². The number of nitrogens with zero attached hydrogens (tertiary/aromatic N) is 2. The van der Waals surface area contributed by atoms with Crippen LogP contribution in [0.25, 0.3) is 22.4 Å². The minimum Gasteiger partial charge on any atom is -0.454 e. The van der Waals surface area contributed by atoms with Gasteiger partial charge >= 0.3 is 0 Å². The average Bonchev–Trinajstić information content (AvgIpc) is 2.90. The molecule has 0 aliphatic rings. The third kappa shape index (κ3) is 2.63. The molecule has 0 saturated carbocycles. The summed E-state index contributed by atoms with van der Waals surface area (Å²) >= 11 is 3.45. The zero-order valence-electron chi connectivity index (χ0n) is 11.4. The van der Waals surface area contributed by atoms with Crippen LogP contribution in [0, 0.1) is 11.3 Å². The molecule has 0 saturated heterocycles. The highest BCUT2D eigenvalue weighted by Gasteiger charge is 2.11. The summed E-state index contributed by atoms with van der Waals surface area (Å²) in [5.41, 5.74) is 2.04. The van der Waals surface area contributed by atoms with Crippen LogP contribution in [0.15, 0.2) is 45.3 Å². The molecular formula is C16H12BrN3O. The molecular weight excluding hydrogens is 330 g/mol. The van der Waals surface area contributed by atoms with Crippen LogP contribution in [0.4, 0.5) is 5.82 Å². The van der Waals surface area contributed by atoms with Gasteiger partial charge in [0.15, 0.2) is 5.76 Å². The van der Waals surface area contributed by atoms with Gasteiger partial charge in [-0.05, 0) is 43.3 Å². The van der Waals surface area contributed by atoms with Gasteiger partial charge in [-0.25, -0.2) is 4.98 Å². The maximum absolute atomic E-state index is 9.09. The Kier molecular flexibility index (Phi) is 3.63. The quantitative estimate of drug-likeness (QED) is 0.758. The largest absolute Gasteiger partial charge is 0.454 e. The van der Waals surface area contributed by atoms with E-state index in [-0.39, 0.29) is 0 Å². The number of furan rings is 1. The number of halogens is 1. The molecule has 2 heterocycles. The van der Waals surface area contributed by atoms with E-state index in [9.17, 15) is 0 Å². The van der Waals surface area contributed by atoms with Gasteiger partial charge in [-0.15, -0.1) is 0 Å². The lowest BCUT2D eigenvalue weighted by Gasteiger charge is -2.05. The van der Waals surface area contributed by atoms with Gasteiger partial charge in [0.25, 0.3) is 0 Å². The minimum absolute atomic E-state index is 0.527. The van der Waals surface area contributed by atoms with Crippen molar-refractivity contribution in [1.29, 1.82) is 5.26 Å². The molecule has 0 aliphatic heterocycles. The molecule has 3 rings (SSSR count). The lowest BCUT2D eigenvalue weighted by atomic mass is 10.2. The molecule has 0 spiro atoms. The molecule has 0 amide bonds. The summed E-state index contributed by atoms with van der Waals surface area (Å²) in [6, 6.07) is 13.5. The van der Waals surface area contributed by atoms with E-state index in [0.717, 1.165) is 15.4 Å². The normalized spacial score (nSPS) is 10.5. The topological polar surface area (TPSA) is 61.9 Å². The first-order chi connectivity index (χ1) is 10.2. The van der Waals surface area contributed by atoms with Gasteiger partial charge in [0, 0.05) is 16.4 Å². The van der Waals surface area contributed by atoms with Crippen LogP contribution in [-0.2, 0) is 0 Å². The Labute approximate surface area is 130 Å². The number of hydrogen-bond donors (Lipinski definition) is 1. The molecule has 0 bridgehead atoms. The highest BCUT2D eigenvalue weighted by atomic mass is 79.9. The molecule has 0 radical (unpaired) electrons. The van der Waals surface area contributed by atoms with Gasteiger partial charge in [-0.2, -0.15) is 5.26 Å². The lowest BCUT2D eigenvalue weighted by Crippen LogP contribution is -2.02. The van der Waals surface area contributed by atoms with E-state index in [2.05, 4.69) is 32.3 Å². The highest BCUT2D eigenvalue weighted by Crippen LogP contribution is 2.29. The van der Waals surface area contributed by atoms with Gasteiger partial charge in [0.1, 0.15) is 23.2 Å². The Balaban J connectivity index is 2.09. The van der Waals surface area contributed by atoms with Crippen molar-refractivity contribution < 1.29 is 4.42 Å². The number of hydrogen-bond acceptors (Lipinski definition) is 4. The number of pyridine rings is 1. The second kappa shape index (κ2) is 5.58. The van der Waals surface area contributed by atoms with Crippen molar-refractivity contribution >= 4 is 32.7 Å². The molecule has 4 nitrogen and oxygen atoms in total. The Morgan fingerprint density at radius 2 is 2.14 bits per heavy atom. The van der Waals surface area contributed by atoms with Gasteiger partial charge in [-0.3, -0.25) is 0 Å².